The summed E-state index contributed by atoms with van der Waals surface area (Å²) in [6.07, 6.45) is 4.15. The van der Waals surface area contributed by atoms with Crippen molar-refractivity contribution in [1.29, 1.82) is 0 Å². The van der Waals surface area contributed by atoms with Crippen LogP contribution in [0.3, 0.4) is 0 Å². The number of nitrogens with zero attached hydrogens (tertiary/aromatic N) is 1. The van der Waals surface area contributed by atoms with E-state index >= 15 is 0 Å². The summed E-state index contributed by atoms with van der Waals surface area (Å²) >= 11 is 0. The lowest BCUT2D eigenvalue weighted by atomic mass is 10.1. The minimum absolute atomic E-state index is 0.335. The van der Waals surface area contributed by atoms with E-state index in [1.807, 2.05) is 0 Å². The first kappa shape index (κ1) is 13.6. The highest BCUT2D eigenvalue weighted by atomic mass is 16.5. The van der Waals surface area contributed by atoms with Crippen molar-refractivity contribution in [2.24, 2.45) is 11.8 Å². The standard InChI is InChI=1S/C14H21N3O2/c1-3-19-14(18)11-6-13(17-8-12(11)15)16-7-9(2)10-4-5-10/h6,8-10H,3-5,7,15H2,1-2H3,(H,16,17). The van der Waals surface area contributed by atoms with Crippen molar-refractivity contribution in [2.45, 2.75) is 26.7 Å². The summed E-state index contributed by atoms with van der Waals surface area (Å²) in [5, 5.41) is 3.26. The first-order valence-corrected chi connectivity index (χ1v) is 6.78. The zero-order valence-electron chi connectivity index (χ0n) is 11.5. The molecule has 19 heavy (non-hydrogen) atoms. The number of hydrogen-bond acceptors (Lipinski definition) is 5. The molecule has 0 aliphatic heterocycles. The monoisotopic (exact) mass is 263 g/mol. The van der Waals surface area contributed by atoms with Crippen LogP contribution in [0.2, 0.25) is 0 Å². The van der Waals surface area contributed by atoms with E-state index in [0.29, 0.717) is 29.6 Å². The number of nitrogen functional groups attached to an aromatic ring is 1. The largest absolute Gasteiger partial charge is 0.462 e. The fraction of sp³-hybridized carbons (Fsp3) is 0.571. The van der Waals surface area contributed by atoms with Crippen LogP contribution in [0.1, 0.15) is 37.0 Å². The predicted molar refractivity (Wildman–Crippen MR) is 75.0 cm³/mol. The molecule has 1 saturated carbocycles. The minimum Gasteiger partial charge on any atom is -0.462 e. The lowest BCUT2D eigenvalue weighted by Gasteiger charge is -2.13. The maximum absolute atomic E-state index is 11.7. The van der Waals surface area contributed by atoms with Gasteiger partial charge in [-0.3, -0.25) is 0 Å². The molecule has 104 valence electrons. The van der Waals surface area contributed by atoms with Crippen molar-refractivity contribution in [2.75, 3.05) is 24.2 Å². The van der Waals surface area contributed by atoms with Gasteiger partial charge in [0, 0.05) is 6.54 Å². The third kappa shape index (κ3) is 3.59. The van der Waals surface area contributed by atoms with Gasteiger partial charge in [-0.05, 0) is 37.7 Å². The van der Waals surface area contributed by atoms with Gasteiger partial charge in [-0.15, -0.1) is 0 Å². The Morgan fingerprint density at radius 1 is 1.63 bits per heavy atom. The molecule has 2 rings (SSSR count). The van der Waals surface area contributed by atoms with Crippen LogP contribution in [0.15, 0.2) is 12.3 Å². The first-order valence-electron chi connectivity index (χ1n) is 6.78. The summed E-state index contributed by atoms with van der Waals surface area (Å²) in [7, 11) is 0. The average molecular weight is 263 g/mol. The normalized spacial score (nSPS) is 15.9. The Morgan fingerprint density at radius 2 is 2.37 bits per heavy atom. The van der Waals surface area contributed by atoms with E-state index in [0.717, 1.165) is 12.5 Å². The Bertz CT molecular complexity index is 458. The van der Waals surface area contributed by atoms with Gasteiger partial charge in [-0.2, -0.15) is 0 Å². The molecule has 0 aromatic carbocycles. The van der Waals surface area contributed by atoms with Gasteiger partial charge in [0.15, 0.2) is 0 Å². The number of hydrogen-bond donors (Lipinski definition) is 2. The summed E-state index contributed by atoms with van der Waals surface area (Å²) in [6, 6.07) is 1.66. The fourth-order valence-electron chi connectivity index (χ4n) is 2.05. The zero-order valence-corrected chi connectivity index (χ0v) is 11.5. The van der Waals surface area contributed by atoms with Crippen molar-refractivity contribution in [3.8, 4) is 0 Å². The Hall–Kier alpha value is -1.78. The summed E-state index contributed by atoms with van der Waals surface area (Å²) < 4.78 is 4.96. The molecule has 1 aromatic heterocycles. The number of anilines is 2. The minimum atomic E-state index is -0.402. The highest BCUT2D eigenvalue weighted by molar-refractivity contribution is 5.95. The molecule has 1 fully saturated rings. The Kier molecular flexibility index (Phi) is 4.24. The number of ether oxygens (including phenoxy) is 1. The van der Waals surface area contributed by atoms with Crippen molar-refractivity contribution in [3.05, 3.63) is 17.8 Å². The van der Waals surface area contributed by atoms with Crippen LogP contribution >= 0.6 is 0 Å². The van der Waals surface area contributed by atoms with Gasteiger partial charge < -0.3 is 15.8 Å². The maximum Gasteiger partial charge on any atom is 0.340 e. The van der Waals surface area contributed by atoms with E-state index in [9.17, 15) is 4.79 Å². The second-order valence-electron chi connectivity index (χ2n) is 5.07. The molecule has 5 heteroatoms. The lowest BCUT2D eigenvalue weighted by molar-refractivity contribution is 0.0527. The molecule has 0 saturated heterocycles. The number of nitrogens with one attached hydrogen (secondary N) is 1. The number of carbonyl (C=O) groups excluding carboxylic acids is 1. The number of esters is 1. The molecule has 0 amide bonds. The predicted octanol–water partition coefficient (Wildman–Crippen LogP) is 2.30. The number of nitrogens with two attached hydrogens (primary N) is 1. The maximum atomic E-state index is 11.7. The van der Waals surface area contributed by atoms with Gasteiger partial charge in [0.25, 0.3) is 0 Å². The molecule has 5 nitrogen and oxygen atoms in total. The van der Waals surface area contributed by atoms with Gasteiger partial charge in [0.1, 0.15) is 5.82 Å². The molecule has 1 aliphatic rings. The summed E-state index contributed by atoms with van der Waals surface area (Å²) in [4.78, 5) is 15.9. The van der Waals surface area contributed by atoms with Crippen molar-refractivity contribution >= 4 is 17.5 Å². The third-order valence-corrected chi connectivity index (χ3v) is 3.46. The van der Waals surface area contributed by atoms with Crippen LogP contribution in [0.25, 0.3) is 0 Å². The first-order chi connectivity index (χ1) is 9.11. The van der Waals surface area contributed by atoms with E-state index in [2.05, 4.69) is 17.2 Å². The van der Waals surface area contributed by atoms with Gasteiger partial charge >= 0.3 is 5.97 Å². The topological polar surface area (TPSA) is 77.2 Å². The van der Waals surface area contributed by atoms with Crippen LogP contribution in [0.5, 0.6) is 0 Å². The summed E-state index contributed by atoms with van der Waals surface area (Å²) in [5.74, 6) is 1.74. The quantitative estimate of drug-likeness (QED) is 0.770. The van der Waals surface area contributed by atoms with Crippen LogP contribution in [-0.2, 0) is 4.74 Å². The Morgan fingerprint density at radius 3 is 3.00 bits per heavy atom. The molecule has 0 spiro atoms. The van der Waals surface area contributed by atoms with E-state index < -0.39 is 5.97 Å². The number of rotatable bonds is 6. The van der Waals surface area contributed by atoms with Crippen LogP contribution in [0.4, 0.5) is 11.5 Å². The second kappa shape index (κ2) is 5.91. The Balaban J connectivity index is 2.00. The molecular weight excluding hydrogens is 242 g/mol. The molecule has 3 N–H and O–H groups in total. The molecule has 0 bridgehead atoms. The van der Waals surface area contributed by atoms with Gasteiger partial charge in [-0.25, -0.2) is 9.78 Å². The molecule has 1 heterocycles. The zero-order chi connectivity index (χ0) is 13.8. The molecule has 0 radical (unpaired) electrons. The Labute approximate surface area is 113 Å². The van der Waals surface area contributed by atoms with Gasteiger partial charge in [0.2, 0.25) is 0 Å². The van der Waals surface area contributed by atoms with Crippen molar-refractivity contribution < 1.29 is 9.53 Å². The molecule has 1 aliphatic carbocycles. The van der Waals surface area contributed by atoms with Crippen LogP contribution < -0.4 is 11.1 Å². The number of carbonyl (C=O) groups is 1. The smallest absolute Gasteiger partial charge is 0.340 e. The van der Waals surface area contributed by atoms with Crippen LogP contribution in [-0.4, -0.2) is 24.1 Å². The average Bonchev–Trinajstić information content (AvgIpc) is 3.22. The van der Waals surface area contributed by atoms with Gasteiger partial charge in [-0.1, -0.05) is 6.92 Å². The highest BCUT2D eigenvalue weighted by Crippen LogP contribution is 2.36. The second-order valence-corrected chi connectivity index (χ2v) is 5.07. The molecule has 1 aromatic rings. The fourth-order valence-corrected chi connectivity index (χ4v) is 2.05. The van der Waals surface area contributed by atoms with E-state index in [1.165, 1.54) is 19.0 Å². The van der Waals surface area contributed by atoms with E-state index in [4.69, 9.17) is 10.5 Å². The number of aromatic nitrogens is 1. The van der Waals surface area contributed by atoms with Crippen molar-refractivity contribution in [3.63, 3.8) is 0 Å². The summed E-state index contributed by atoms with van der Waals surface area (Å²) in [6.45, 7) is 5.20. The summed E-state index contributed by atoms with van der Waals surface area (Å²) in [5.41, 5.74) is 6.46. The molecule has 1 atom stereocenters. The van der Waals surface area contributed by atoms with Crippen LogP contribution in [0, 0.1) is 11.8 Å². The van der Waals surface area contributed by atoms with Crippen molar-refractivity contribution in [1.82, 2.24) is 4.98 Å². The van der Waals surface area contributed by atoms with E-state index in [-0.39, 0.29) is 0 Å². The number of pyridine rings is 1. The third-order valence-electron chi connectivity index (χ3n) is 3.46. The van der Waals surface area contributed by atoms with E-state index in [1.54, 1.807) is 13.0 Å². The highest BCUT2D eigenvalue weighted by Gasteiger charge is 2.27. The molecular formula is C14H21N3O2. The lowest BCUT2D eigenvalue weighted by Crippen LogP contribution is -2.15. The molecule has 1 unspecified atom stereocenters. The SMILES string of the molecule is CCOC(=O)c1cc(NCC(C)C2CC2)ncc1N. The van der Waals surface area contributed by atoms with Gasteiger partial charge in [0.05, 0.1) is 24.1 Å².